The molecule has 0 amide bonds. The Morgan fingerprint density at radius 3 is 2.67 bits per heavy atom. The minimum absolute atomic E-state index is 0.439. The summed E-state index contributed by atoms with van der Waals surface area (Å²) in [5, 5.41) is -0.439. The molecule has 0 aliphatic rings. The van der Waals surface area contributed by atoms with Crippen LogP contribution in [0.1, 0.15) is 15.9 Å². The topological polar surface area (TPSA) is 34.9 Å². The second-order valence-electron chi connectivity index (χ2n) is 4.75. The first-order valence-electron chi connectivity index (χ1n) is 6.58. The van der Waals surface area contributed by atoms with Gasteiger partial charge in [-0.3, -0.25) is 4.79 Å². The molecule has 0 aliphatic carbocycles. The summed E-state index contributed by atoms with van der Waals surface area (Å²) >= 11 is 5.53. The number of imidazole rings is 1. The molecule has 0 saturated heterocycles. The molecule has 0 aliphatic heterocycles. The summed E-state index contributed by atoms with van der Waals surface area (Å²) in [6.45, 7) is 0.641. The van der Waals surface area contributed by atoms with Crippen molar-refractivity contribution in [2.24, 2.45) is 0 Å². The third kappa shape index (κ3) is 3.03. The van der Waals surface area contributed by atoms with E-state index >= 15 is 0 Å². The van der Waals surface area contributed by atoms with Crippen LogP contribution in [0.15, 0.2) is 67.1 Å². The monoisotopic (exact) mass is 296 g/mol. The van der Waals surface area contributed by atoms with Crippen molar-refractivity contribution in [2.75, 3.05) is 0 Å². The Morgan fingerprint density at radius 1 is 1.10 bits per heavy atom. The molecule has 0 unspecified atom stereocenters. The maximum atomic E-state index is 11.2. The summed E-state index contributed by atoms with van der Waals surface area (Å²) in [4.78, 5) is 15.5. The van der Waals surface area contributed by atoms with Crippen molar-refractivity contribution in [1.29, 1.82) is 0 Å². The van der Waals surface area contributed by atoms with Crippen molar-refractivity contribution in [1.82, 2.24) is 9.55 Å². The van der Waals surface area contributed by atoms with Gasteiger partial charge in [-0.05, 0) is 28.8 Å². The van der Waals surface area contributed by atoms with Crippen molar-refractivity contribution in [3.05, 3.63) is 78.2 Å². The van der Waals surface area contributed by atoms with Crippen LogP contribution in [0.2, 0.25) is 0 Å². The summed E-state index contributed by atoms with van der Waals surface area (Å²) in [5.41, 5.74) is 3.67. The molecule has 2 aromatic carbocycles. The van der Waals surface area contributed by atoms with Gasteiger partial charge in [0, 0.05) is 12.1 Å². The minimum Gasteiger partial charge on any atom is -0.326 e. The van der Waals surface area contributed by atoms with Crippen LogP contribution in [0.25, 0.3) is 11.3 Å². The first-order chi connectivity index (χ1) is 10.2. The fraction of sp³-hybridized carbons (Fsp3) is 0.0588. The molecule has 4 heteroatoms. The maximum absolute atomic E-state index is 11.2. The van der Waals surface area contributed by atoms with E-state index in [4.69, 9.17) is 11.6 Å². The molecule has 0 N–H and O–H groups in total. The summed E-state index contributed by atoms with van der Waals surface area (Å²) < 4.78 is 2.05. The second kappa shape index (κ2) is 5.94. The van der Waals surface area contributed by atoms with Crippen LogP contribution in [0.5, 0.6) is 0 Å². The highest BCUT2D eigenvalue weighted by molar-refractivity contribution is 6.67. The van der Waals surface area contributed by atoms with E-state index in [1.54, 1.807) is 12.4 Å². The Kier molecular flexibility index (Phi) is 3.84. The van der Waals surface area contributed by atoms with Gasteiger partial charge in [-0.25, -0.2) is 4.98 Å². The van der Waals surface area contributed by atoms with Crippen molar-refractivity contribution < 1.29 is 4.79 Å². The number of rotatable bonds is 4. The summed E-state index contributed by atoms with van der Waals surface area (Å²) in [5.74, 6) is 0. The molecule has 21 heavy (non-hydrogen) atoms. The lowest BCUT2D eigenvalue weighted by Gasteiger charge is -2.09. The van der Waals surface area contributed by atoms with Crippen LogP contribution in [-0.4, -0.2) is 14.8 Å². The molecule has 0 spiro atoms. The zero-order chi connectivity index (χ0) is 14.7. The molecule has 1 heterocycles. The van der Waals surface area contributed by atoms with E-state index in [1.165, 1.54) is 0 Å². The van der Waals surface area contributed by atoms with E-state index in [2.05, 4.69) is 4.98 Å². The molecule has 0 bridgehead atoms. The molecule has 3 aromatic rings. The molecule has 0 fully saturated rings. The van der Waals surface area contributed by atoms with Crippen LogP contribution in [0.4, 0.5) is 0 Å². The standard InChI is InChI=1S/C17H13ClN2O/c18-17(21)15-8-4-5-13(9-15)11-20-12-19-10-16(20)14-6-2-1-3-7-14/h1-10,12H,11H2. The van der Waals surface area contributed by atoms with Crippen LogP contribution in [0.3, 0.4) is 0 Å². The zero-order valence-electron chi connectivity index (χ0n) is 11.2. The lowest BCUT2D eigenvalue weighted by Crippen LogP contribution is -2.01. The fourth-order valence-electron chi connectivity index (χ4n) is 2.28. The van der Waals surface area contributed by atoms with Crippen LogP contribution < -0.4 is 0 Å². The van der Waals surface area contributed by atoms with E-state index < -0.39 is 5.24 Å². The first-order valence-corrected chi connectivity index (χ1v) is 6.96. The van der Waals surface area contributed by atoms with Gasteiger partial charge in [0.05, 0.1) is 18.2 Å². The predicted molar refractivity (Wildman–Crippen MR) is 83.4 cm³/mol. The molecule has 0 saturated carbocycles. The SMILES string of the molecule is O=C(Cl)c1cccc(Cn2cncc2-c2ccccc2)c1. The zero-order valence-corrected chi connectivity index (χ0v) is 12.0. The van der Waals surface area contributed by atoms with Gasteiger partial charge in [0.1, 0.15) is 0 Å². The lowest BCUT2D eigenvalue weighted by atomic mass is 10.1. The van der Waals surface area contributed by atoms with Gasteiger partial charge in [0.25, 0.3) is 5.24 Å². The van der Waals surface area contributed by atoms with Gasteiger partial charge in [0.15, 0.2) is 0 Å². The van der Waals surface area contributed by atoms with Crippen molar-refractivity contribution >= 4 is 16.8 Å². The fourth-order valence-corrected chi connectivity index (χ4v) is 2.40. The number of halogens is 1. The first kappa shape index (κ1) is 13.6. The molecule has 3 rings (SSSR count). The maximum Gasteiger partial charge on any atom is 0.252 e. The summed E-state index contributed by atoms with van der Waals surface area (Å²) in [7, 11) is 0. The van der Waals surface area contributed by atoms with E-state index in [-0.39, 0.29) is 0 Å². The third-order valence-electron chi connectivity index (χ3n) is 3.29. The van der Waals surface area contributed by atoms with Gasteiger partial charge in [-0.2, -0.15) is 0 Å². The molecule has 0 atom stereocenters. The number of benzene rings is 2. The van der Waals surface area contributed by atoms with E-state index in [1.807, 2.05) is 59.3 Å². The molecule has 0 radical (unpaired) electrons. The number of carbonyl (C=O) groups excluding carboxylic acids is 1. The van der Waals surface area contributed by atoms with E-state index in [0.717, 1.165) is 16.8 Å². The Bertz CT molecular complexity index is 765. The number of nitrogens with zero attached hydrogens (tertiary/aromatic N) is 2. The molecule has 1 aromatic heterocycles. The molecule has 104 valence electrons. The number of hydrogen-bond donors (Lipinski definition) is 0. The highest BCUT2D eigenvalue weighted by Crippen LogP contribution is 2.20. The second-order valence-corrected chi connectivity index (χ2v) is 5.09. The van der Waals surface area contributed by atoms with Crippen LogP contribution in [0, 0.1) is 0 Å². The average Bonchev–Trinajstić information content (AvgIpc) is 2.96. The number of aromatic nitrogens is 2. The number of carbonyl (C=O) groups is 1. The molecular weight excluding hydrogens is 284 g/mol. The summed E-state index contributed by atoms with van der Waals surface area (Å²) in [6.07, 6.45) is 3.63. The Balaban J connectivity index is 1.92. The normalized spacial score (nSPS) is 10.5. The summed E-state index contributed by atoms with van der Waals surface area (Å²) in [6, 6.07) is 17.4. The lowest BCUT2D eigenvalue weighted by molar-refractivity contribution is 0.108. The van der Waals surface area contributed by atoms with Crippen molar-refractivity contribution in [3.8, 4) is 11.3 Å². The van der Waals surface area contributed by atoms with Gasteiger partial charge >= 0.3 is 0 Å². The van der Waals surface area contributed by atoms with Crippen LogP contribution >= 0.6 is 11.6 Å². The highest BCUT2D eigenvalue weighted by Gasteiger charge is 2.07. The Morgan fingerprint density at radius 2 is 1.90 bits per heavy atom. The van der Waals surface area contributed by atoms with Gasteiger partial charge in [-0.15, -0.1) is 0 Å². The number of hydrogen-bond acceptors (Lipinski definition) is 2. The van der Waals surface area contributed by atoms with Crippen molar-refractivity contribution in [2.45, 2.75) is 6.54 Å². The van der Waals surface area contributed by atoms with Crippen molar-refractivity contribution in [3.63, 3.8) is 0 Å². The Hall–Kier alpha value is -2.39. The quantitative estimate of drug-likeness (QED) is 0.683. The smallest absolute Gasteiger partial charge is 0.252 e. The van der Waals surface area contributed by atoms with E-state index in [0.29, 0.717) is 12.1 Å². The minimum atomic E-state index is -0.439. The van der Waals surface area contributed by atoms with Gasteiger partial charge < -0.3 is 4.57 Å². The highest BCUT2D eigenvalue weighted by atomic mass is 35.5. The van der Waals surface area contributed by atoms with E-state index in [9.17, 15) is 4.79 Å². The molecular formula is C17H13ClN2O. The van der Waals surface area contributed by atoms with Crippen LogP contribution in [-0.2, 0) is 6.54 Å². The Labute approximate surface area is 127 Å². The van der Waals surface area contributed by atoms with Gasteiger partial charge in [-0.1, -0.05) is 48.5 Å². The average molecular weight is 297 g/mol. The third-order valence-corrected chi connectivity index (χ3v) is 3.51. The largest absolute Gasteiger partial charge is 0.326 e. The molecule has 3 nitrogen and oxygen atoms in total. The predicted octanol–water partition coefficient (Wildman–Crippen LogP) is 3.98. The van der Waals surface area contributed by atoms with Gasteiger partial charge in [0.2, 0.25) is 0 Å².